The molecule has 14 heavy (non-hydrogen) atoms. The van der Waals surface area contributed by atoms with Gasteiger partial charge in [-0.3, -0.25) is 0 Å². The Balaban J connectivity index is 2.61. The first-order chi connectivity index (χ1) is 6.72. The van der Waals surface area contributed by atoms with E-state index in [0.29, 0.717) is 5.02 Å². The highest BCUT2D eigenvalue weighted by Gasteiger charge is 2.10. The highest BCUT2D eigenvalue weighted by Crippen LogP contribution is 2.25. The molecule has 0 saturated carbocycles. The summed E-state index contributed by atoms with van der Waals surface area (Å²) in [5.41, 5.74) is 7.62. The molecule has 2 aromatic rings. The summed E-state index contributed by atoms with van der Waals surface area (Å²) in [6.07, 6.45) is 1.81. The Morgan fingerprint density at radius 3 is 3.00 bits per heavy atom. The predicted molar refractivity (Wildman–Crippen MR) is 57.3 cm³/mol. The number of benzene rings is 1. The van der Waals surface area contributed by atoms with Crippen LogP contribution < -0.4 is 5.73 Å². The van der Waals surface area contributed by atoms with Crippen LogP contribution in [0.2, 0.25) is 5.02 Å². The van der Waals surface area contributed by atoms with Gasteiger partial charge in [-0.15, -0.1) is 0 Å². The van der Waals surface area contributed by atoms with Gasteiger partial charge in [0.1, 0.15) is 0 Å². The number of hydrogen-bond donors (Lipinski definition) is 3. The molecule has 0 aliphatic rings. The predicted octanol–water partition coefficient (Wildman–Crippen LogP) is 1.81. The number of aromatic amines is 1. The van der Waals surface area contributed by atoms with Crippen molar-refractivity contribution in [2.45, 2.75) is 6.04 Å². The molecule has 4 heteroatoms. The summed E-state index contributed by atoms with van der Waals surface area (Å²) in [5, 5.41) is 10.6. The Kier molecular flexibility index (Phi) is 2.46. The molecule has 0 spiro atoms. The van der Waals surface area contributed by atoms with Gasteiger partial charge in [0.2, 0.25) is 0 Å². The zero-order valence-corrected chi connectivity index (χ0v) is 8.25. The van der Waals surface area contributed by atoms with Gasteiger partial charge in [-0.1, -0.05) is 11.6 Å². The number of H-pyrrole nitrogens is 1. The van der Waals surface area contributed by atoms with E-state index < -0.39 is 0 Å². The van der Waals surface area contributed by atoms with Crippen LogP contribution in [0.1, 0.15) is 11.6 Å². The number of nitrogens with two attached hydrogens (primary N) is 1. The molecular weight excluding hydrogens is 200 g/mol. The Bertz CT molecular complexity index is 452. The molecule has 0 saturated heterocycles. The molecule has 1 aromatic heterocycles. The van der Waals surface area contributed by atoms with Gasteiger partial charge in [-0.05, 0) is 23.8 Å². The van der Waals surface area contributed by atoms with E-state index in [0.717, 1.165) is 16.5 Å². The third kappa shape index (κ3) is 1.50. The summed E-state index contributed by atoms with van der Waals surface area (Å²) in [4.78, 5) is 3.08. The van der Waals surface area contributed by atoms with Crippen LogP contribution in [0.4, 0.5) is 0 Å². The molecule has 1 heterocycles. The van der Waals surface area contributed by atoms with Crippen LogP contribution in [0.5, 0.6) is 0 Å². The molecule has 74 valence electrons. The maximum atomic E-state index is 8.96. The number of rotatable bonds is 2. The number of hydrogen-bond acceptors (Lipinski definition) is 2. The summed E-state index contributed by atoms with van der Waals surface area (Å²) < 4.78 is 0. The Hall–Kier alpha value is -1.03. The second-order valence-corrected chi connectivity index (χ2v) is 3.66. The lowest BCUT2D eigenvalue weighted by Gasteiger charge is -2.05. The van der Waals surface area contributed by atoms with E-state index in [1.54, 1.807) is 0 Å². The lowest BCUT2D eigenvalue weighted by atomic mass is 10.1. The number of halogens is 1. The zero-order chi connectivity index (χ0) is 10.1. The molecule has 0 radical (unpaired) electrons. The first-order valence-electron chi connectivity index (χ1n) is 4.35. The van der Waals surface area contributed by atoms with Gasteiger partial charge < -0.3 is 15.8 Å². The van der Waals surface area contributed by atoms with Crippen LogP contribution in [-0.4, -0.2) is 16.7 Å². The van der Waals surface area contributed by atoms with Crippen LogP contribution in [-0.2, 0) is 0 Å². The third-order valence-electron chi connectivity index (χ3n) is 2.27. The van der Waals surface area contributed by atoms with Crippen LogP contribution in [0, 0.1) is 0 Å². The lowest BCUT2D eigenvalue weighted by molar-refractivity contribution is 0.268. The fourth-order valence-electron chi connectivity index (χ4n) is 1.52. The molecule has 2 rings (SSSR count). The first kappa shape index (κ1) is 9.52. The molecule has 4 N–H and O–H groups in total. The fourth-order valence-corrected chi connectivity index (χ4v) is 1.69. The molecule has 0 bridgehead atoms. The molecule has 0 aliphatic carbocycles. The van der Waals surface area contributed by atoms with E-state index in [4.69, 9.17) is 22.4 Å². The van der Waals surface area contributed by atoms with Crippen molar-refractivity contribution >= 4 is 22.5 Å². The maximum Gasteiger partial charge on any atom is 0.0625 e. The molecule has 0 unspecified atom stereocenters. The molecule has 0 amide bonds. The summed E-state index contributed by atoms with van der Waals surface area (Å²) >= 11 is 5.88. The maximum absolute atomic E-state index is 8.96. The topological polar surface area (TPSA) is 62.0 Å². The molecular formula is C10H11ClN2O. The van der Waals surface area contributed by atoms with Crippen molar-refractivity contribution in [2.75, 3.05) is 6.61 Å². The zero-order valence-electron chi connectivity index (χ0n) is 7.50. The number of nitrogens with one attached hydrogen (secondary N) is 1. The smallest absolute Gasteiger partial charge is 0.0625 e. The Morgan fingerprint density at radius 1 is 1.50 bits per heavy atom. The summed E-state index contributed by atoms with van der Waals surface area (Å²) in [6.45, 7) is -0.0700. The van der Waals surface area contributed by atoms with Crippen LogP contribution in [0.15, 0.2) is 24.4 Å². The van der Waals surface area contributed by atoms with Crippen molar-refractivity contribution in [3.63, 3.8) is 0 Å². The van der Waals surface area contributed by atoms with Gasteiger partial charge >= 0.3 is 0 Å². The quantitative estimate of drug-likeness (QED) is 0.708. The second-order valence-electron chi connectivity index (χ2n) is 3.22. The average molecular weight is 211 g/mol. The lowest BCUT2D eigenvalue weighted by Crippen LogP contribution is -2.13. The van der Waals surface area contributed by atoms with Crippen LogP contribution in [0.3, 0.4) is 0 Å². The summed E-state index contributed by atoms with van der Waals surface area (Å²) in [7, 11) is 0. The highest BCUT2D eigenvalue weighted by molar-refractivity contribution is 6.31. The van der Waals surface area contributed by atoms with Gasteiger partial charge in [0.25, 0.3) is 0 Å². The van der Waals surface area contributed by atoms with E-state index in [1.807, 2.05) is 24.4 Å². The van der Waals surface area contributed by atoms with Gasteiger partial charge in [0.15, 0.2) is 0 Å². The number of fused-ring (bicyclic) bond motifs is 1. The normalized spacial score (nSPS) is 13.4. The van der Waals surface area contributed by atoms with E-state index >= 15 is 0 Å². The van der Waals surface area contributed by atoms with Crippen molar-refractivity contribution < 1.29 is 5.11 Å². The Labute approximate surface area is 86.5 Å². The van der Waals surface area contributed by atoms with Gasteiger partial charge in [-0.2, -0.15) is 0 Å². The molecule has 0 aliphatic heterocycles. The second kappa shape index (κ2) is 3.61. The van der Waals surface area contributed by atoms with Crippen LogP contribution >= 0.6 is 11.6 Å². The van der Waals surface area contributed by atoms with E-state index in [1.165, 1.54) is 0 Å². The molecule has 3 nitrogen and oxygen atoms in total. The largest absolute Gasteiger partial charge is 0.394 e. The van der Waals surface area contributed by atoms with Crippen molar-refractivity contribution in [2.24, 2.45) is 5.73 Å². The molecule has 1 aromatic carbocycles. The van der Waals surface area contributed by atoms with Gasteiger partial charge in [0.05, 0.1) is 12.6 Å². The first-order valence-corrected chi connectivity index (χ1v) is 4.73. The van der Waals surface area contributed by atoms with Crippen molar-refractivity contribution in [1.29, 1.82) is 0 Å². The van der Waals surface area contributed by atoms with E-state index in [9.17, 15) is 0 Å². The van der Waals surface area contributed by atoms with Crippen molar-refractivity contribution in [3.8, 4) is 0 Å². The van der Waals surface area contributed by atoms with Gasteiger partial charge in [-0.25, -0.2) is 0 Å². The van der Waals surface area contributed by atoms with Crippen molar-refractivity contribution in [1.82, 2.24) is 4.98 Å². The van der Waals surface area contributed by atoms with E-state index in [2.05, 4.69) is 4.98 Å². The number of aromatic nitrogens is 1. The average Bonchev–Trinajstić information content (AvgIpc) is 2.59. The van der Waals surface area contributed by atoms with Crippen molar-refractivity contribution in [3.05, 3.63) is 35.0 Å². The standard InChI is InChI=1S/C10H11ClN2O/c11-6-1-2-10-7(3-6)8(4-13-10)9(12)5-14/h1-4,9,13-14H,5,12H2/t9-/m1/s1. The SMILES string of the molecule is N[C@H](CO)c1c[nH]c2ccc(Cl)cc12. The minimum atomic E-state index is -0.359. The summed E-state index contributed by atoms with van der Waals surface area (Å²) in [5.74, 6) is 0. The van der Waals surface area contributed by atoms with Gasteiger partial charge in [0, 0.05) is 22.1 Å². The minimum Gasteiger partial charge on any atom is -0.394 e. The summed E-state index contributed by atoms with van der Waals surface area (Å²) in [6, 6.07) is 5.19. The minimum absolute atomic E-state index is 0.0700. The highest BCUT2D eigenvalue weighted by atomic mass is 35.5. The molecule has 0 fully saturated rings. The third-order valence-corrected chi connectivity index (χ3v) is 2.51. The Morgan fingerprint density at radius 2 is 2.29 bits per heavy atom. The van der Waals surface area contributed by atoms with Crippen LogP contribution in [0.25, 0.3) is 10.9 Å². The number of aliphatic hydroxyl groups excluding tert-OH is 1. The molecule has 1 atom stereocenters. The monoisotopic (exact) mass is 210 g/mol. The number of aliphatic hydroxyl groups is 1. The fraction of sp³-hybridized carbons (Fsp3) is 0.200. The van der Waals surface area contributed by atoms with E-state index in [-0.39, 0.29) is 12.6 Å².